The van der Waals surface area contributed by atoms with E-state index in [-0.39, 0.29) is 0 Å². The van der Waals surface area contributed by atoms with Crippen LogP contribution in [0.3, 0.4) is 0 Å². The van der Waals surface area contributed by atoms with Crippen molar-refractivity contribution in [3.05, 3.63) is 84.2 Å². The van der Waals surface area contributed by atoms with Crippen molar-refractivity contribution in [2.75, 3.05) is 11.9 Å². The number of aryl methyl sites for hydroxylation is 1. The van der Waals surface area contributed by atoms with Gasteiger partial charge < -0.3 is 15.8 Å². The molecular weight excluding hydrogens is 360 g/mol. The van der Waals surface area contributed by atoms with Crippen molar-refractivity contribution in [2.45, 2.75) is 6.92 Å². The monoisotopic (exact) mass is 380 g/mol. The number of hydrogen-bond donors (Lipinski definition) is 2. The van der Waals surface area contributed by atoms with Crippen LogP contribution in [0.25, 0.3) is 10.9 Å². The Hall–Kier alpha value is -3.88. The van der Waals surface area contributed by atoms with Crippen LogP contribution >= 0.6 is 0 Å². The van der Waals surface area contributed by atoms with E-state index in [1.54, 1.807) is 6.33 Å². The van der Waals surface area contributed by atoms with Crippen molar-refractivity contribution in [2.24, 2.45) is 5.73 Å². The van der Waals surface area contributed by atoms with Crippen molar-refractivity contribution >= 4 is 22.4 Å². The molecule has 0 saturated heterocycles. The maximum atomic E-state index is 5.96. The number of hydrogen-bond acceptors (Lipinski definition) is 5. The summed E-state index contributed by atoms with van der Waals surface area (Å²) in [6.45, 7) is 2.34. The second kappa shape index (κ2) is 8.42. The highest BCUT2D eigenvalue weighted by Gasteiger charge is 2.07. The van der Waals surface area contributed by atoms with Crippen molar-refractivity contribution in [1.29, 1.82) is 0 Å². The normalized spacial score (nSPS) is 10.3. The number of nitrogens with zero attached hydrogens (tertiary/aromatic N) is 2. The van der Waals surface area contributed by atoms with E-state index in [4.69, 9.17) is 10.5 Å². The van der Waals surface area contributed by atoms with Crippen molar-refractivity contribution < 1.29 is 4.74 Å². The Morgan fingerprint density at radius 2 is 1.86 bits per heavy atom. The van der Waals surface area contributed by atoms with E-state index < -0.39 is 0 Å². The third kappa shape index (κ3) is 4.34. The first kappa shape index (κ1) is 18.5. The Bertz CT molecular complexity index is 1210. The van der Waals surface area contributed by atoms with Crippen molar-refractivity contribution in [1.82, 2.24) is 9.97 Å². The number of anilines is 2. The molecule has 4 rings (SSSR count). The average molecular weight is 380 g/mol. The first-order valence-corrected chi connectivity index (χ1v) is 9.27. The van der Waals surface area contributed by atoms with Gasteiger partial charge in [-0.25, -0.2) is 9.97 Å². The SMILES string of the molecule is Cc1cc(Nc2ncnc3ccc(C#CCN)cc23)ccc1Oc1ccccc1. The number of fused-ring (bicyclic) bond motifs is 1. The number of rotatable bonds is 4. The van der Waals surface area contributed by atoms with E-state index >= 15 is 0 Å². The number of para-hydroxylation sites is 1. The molecule has 0 amide bonds. The van der Waals surface area contributed by atoms with Gasteiger partial charge >= 0.3 is 0 Å². The summed E-state index contributed by atoms with van der Waals surface area (Å²) in [5.74, 6) is 8.27. The summed E-state index contributed by atoms with van der Waals surface area (Å²) in [5, 5.41) is 4.28. The Balaban J connectivity index is 1.62. The largest absolute Gasteiger partial charge is 0.457 e. The predicted molar refractivity (Wildman–Crippen MR) is 116 cm³/mol. The zero-order valence-corrected chi connectivity index (χ0v) is 16.0. The highest BCUT2D eigenvalue weighted by Crippen LogP contribution is 2.29. The van der Waals surface area contributed by atoms with E-state index in [1.165, 1.54) is 0 Å². The second-order valence-corrected chi connectivity index (χ2v) is 6.48. The van der Waals surface area contributed by atoms with Crippen LogP contribution < -0.4 is 15.8 Å². The van der Waals surface area contributed by atoms with E-state index in [0.717, 1.165) is 45.0 Å². The van der Waals surface area contributed by atoms with Crippen LogP contribution in [0.5, 0.6) is 11.5 Å². The molecule has 1 heterocycles. The lowest BCUT2D eigenvalue weighted by Crippen LogP contribution is -1.97. The standard InChI is InChI=1S/C24H20N4O/c1-17-14-19(10-12-23(17)29-20-7-3-2-4-8-20)28-24-21-15-18(6-5-13-25)9-11-22(21)26-16-27-24/h2-4,7-12,14-16H,13,25H2,1H3,(H,26,27,28). The molecule has 4 aromatic rings. The fourth-order valence-electron chi connectivity index (χ4n) is 2.98. The molecule has 0 bridgehead atoms. The molecule has 0 radical (unpaired) electrons. The molecule has 3 aromatic carbocycles. The van der Waals surface area contributed by atoms with Crippen molar-refractivity contribution in [3.8, 4) is 23.3 Å². The average Bonchev–Trinajstić information content (AvgIpc) is 2.75. The lowest BCUT2D eigenvalue weighted by Gasteiger charge is -2.12. The first-order valence-electron chi connectivity index (χ1n) is 9.27. The summed E-state index contributed by atoms with van der Waals surface area (Å²) in [5.41, 5.74) is 9.14. The van der Waals surface area contributed by atoms with Gasteiger partial charge in [0.25, 0.3) is 0 Å². The summed E-state index contributed by atoms with van der Waals surface area (Å²) in [7, 11) is 0. The zero-order chi connectivity index (χ0) is 20.1. The predicted octanol–water partition coefficient (Wildman–Crippen LogP) is 4.78. The summed E-state index contributed by atoms with van der Waals surface area (Å²) >= 11 is 0. The van der Waals surface area contributed by atoms with Crippen LogP contribution in [0.1, 0.15) is 11.1 Å². The molecule has 0 aliphatic carbocycles. The van der Waals surface area contributed by atoms with Crippen LogP contribution in [-0.2, 0) is 0 Å². The van der Waals surface area contributed by atoms with Crippen LogP contribution in [0.4, 0.5) is 11.5 Å². The minimum atomic E-state index is 0.325. The number of nitrogens with one attached hydrogen (secondary N) is 1. The van der Waals surface area contributed by atoms with E-state index in [0.29, 0.717) is 6.54 Å². The van der Waals surface area contributed by atoms with Crippen molar-refractivity contribution in [3.63, 3.8) is 0 Å². The Morgan fingerprint density at radius 1 is 1.00 bits per heavy atom. The fraction of sp³-hybridized carbons (Fsp3) is 0.0833. The van der Waals surface area contributed by atoms with Gasteiger partial charge in [-0.15, -0.1) is 0 Å². The molecule has 0 saturated carbocycles. The summed E-state index contributed by atoms with van der Waals surface area (Å²) in [4.78, 5) is 8.76. The molecule has 0 spiro atoms. The molecule has 29 heavy (non-hydrogen) atoms. The van der Waals surface area contributed by atoms with Gasteiger partial charge in [-0.05, 0) is 61.0 Å². The lowest BCUT2D eigenvalue weighted by atomic mass is 10.1. The minimum absolute atomic E-state index is 0.325. The maximum absolute atomic E-state index is 5.96. The van der Waals surface area contributed by atoms with Gasteiger partial charge in [0.2, 0.25) is 0 Å². The van der Waals surface area contributed by atoms with E-state index in [1.807, 2.05) is 73.7 Å². The van der Waals surface area contributed by atoms with Crippen LogP contribution in [0.2, 0.25) is 0 Å². The first-order chi connectivity index (χ1) is 14.2. The van der Waals surface area contributed by atoms with Gasteiger partial charge in [-0.3, -0.25) is 0 Å². The second-order valence-electron chi connectivity index (χ2n) is 6.48. The molecule has 5 nitrogen and oxygen atoms in total. The van der Waals surface area contributed by atoms with Crippen LogP contribution in [0.15, 0.2) is 73.1 Å². The van der Waals surface area contributed by atoms with E-state index in [9.17, 15) is 0 Å². The molecular formula is C24H20N4O. The molecule has 3 N–H and O–H groups in total. The molecule has 0 unspecified atom stereocenters. The summed E-state index contributed by atoms with van der Waals surface area (Å²) < 4.78 is 5.96. The number of aromatic nitrogens is 2. The zero-order valence-electron chi connectivity index (χ0n) is 16.0. The van der Waals surface area contributed by atoms with Gasteiger partial charge in [-0.1, -0.05) is 30.0 Å². The van der Waals surface area contributed by atoms with Gasteiger partial charge in [0.05, 0.1) is 12.1 Å². The quantitative estimate of drug-likeness (QED) is 0.498. The van der Waals surface area contributed by atoms with Gasteiger partial charge in [0.1, 0.15) is 23.6 Å². The molecule has 5 heteroatoms. The summed E-state index contributed by atoms with van der Waals surface area (Å²) in [6.07, 6.45) is 1.55. The smallest absolute Gasteiger partial charge is 0.141 e. The maximum Gasteiger partial charge on any atom is 0.141 e. The number of ether oxygens (including phenoxy) is 1. The topological polar surface area (TPSA) is 73.1 Å². The minimum Gasteiger partial charge on any atom is -0.457 e. The lowest BCUT2D eigenvalue weighted by molar-refractivity contribution is 0.479. The number of nitrogens with two attached hydrogens (primary N) is 1. The Kier molecular flexibility index (Phi) is 5.37. The number of benzene rings is 3. The molecule has 0 aliphatic rings. The molecule has 142 valence electrons. The van der Waals surface area contributed by atoms with Crippen LogP contribution in [0, 0.1) is 18.8 Å². The summed E-state index contributed by atoms with van der Waals surface area (Å²) in [6, 6.07) is 21.5. The fourth-order valence-corrected chi connectivity index (χ4v) is 2.98. The Morgan fingerprint density at radius 3 is 2.66 bits per heavy atom. The highest BCUT2D eigenvalue weighted by molar-refractivity contribution is 5.91. The molecule has 0 aliphatic heterocycles. The van der Waals surface area contributed by atoms with Gasteiger partial charge in [0.15, 0.2) is 0 Å². The van der Waals surface area contributed by atoms with E-state index in [2.05, 4.69) is 27.1 Å². The van der Waals surface area contributed by atoms with Gasteiger partial charge in [-0.2, -0.15) is 0 Å². The third-order valence-electron chi connectivity index (χ3n) is 4.38. The molecule has 0 atom stereocenters. The highest BCUT2D eigenvalue weighted by atomic mass is 16.5. The Labute approximate surface area is 169 Å². The third-order valence-corrected chi connectivity index (χ3v) is 4.38. The molecule has 0 fully saturated rings. The van der Waals surface area contributed by atoms with Gasteiger partial charge in [0, 0.05) is 16.6 Å². The molecule has 1 aromatic heterocycles. The van der Waals surface area contributed by atoms with Crippen LogP contribution in [-0.4, -0.2) is 16.5 Å².